The molecule has 0 aliphatic heterocycles. The molecule has 134 valence electrons. The first kappa shape index (κ1) is 18.7. The maximum absolute atomic E-state index is 12.2. The number of amides is 1. The quantitative estimate of drug-likeness (QED) is 0.812. The lowest BCUT2D eigenvalue weighted by Crippen LogP contribution is -2.30. The fourth-order valence-electron chi connectivity index (χ4n) is 2.50. The summed E-state index contributed by atoms with van der Waals surface area (Å²) in [5.41, 5.74) is 4.40. The monoisotopic (exact) mass is 344 g/mol. The third kappa shape index (κ3) is 4.92. The second kappa shape index (κ2) is 7.96. The van der Waals surface area contributed by atoms with Crippen molar-refractivity contribution in [2.75, 3.05) is 5.32 Å². The molecule has 1 heterocycles. The van der Waals surface area contributed by atoms with Gasteiger partial charge in [0.15, 0.2) is 6.10 Å². The lowest BCUT2D eigenvalue weighted by atomic mass is 10.1. The number of carbonyl (C=O) groups excluding carboxylic acids is 2. The maximum Gasteiger partial charge on any atom is 0.306 e. The molecule has 0 unspecified atom stereocenters. The number of aromatic nitrogens is 1. The minimum Gasteiger partial charge on any atom is -0.453 e. The lowest BCUT2D eigenvalue weighted by molar-refractivity contribution is -0.153. The van der Waals surface area contributed by atoms with Gasteiger partial charge in [-0.25, -0.2) is 0 Å². The predicted molar refractivity (Wildman–Crippen MR) is 94.4 cm³/mol. The Balaban J connectivity index is 1.88. The van der Waals surface area contributed by atoms with E-state index in [-0.39, 0.29) is 12.3 Å². The maximum atomic E-state index is 12.2. The van der Waals surface area contributed by atoms with Crippen LogP contribution in [0.4, 0.5) is 5.69 Å². The molecule has 2 rings (SSSR count). The van der Waals surface area contributed by atoms with Gasteiger partial charge in [-0.2, -0.15) is 0 Å². The Labute approximate surface area is 147 Å². The largest absolute Gasteiger partial charge is 0.453 e. The second-order valence-corrected chi connectivity index (χ2v) is 6.24. The van der Waals surface area contributed by atoms with Crippen molar-refractivity contribution in [3.8, 4) is 0 Å². The Morgan fingerprint density at radius 1 is 1.24 bits per heavy atom. The number of rotatable bonds is 6. The van der Waals surface area contributed by atoms with Gasteiger partial charge in [0.2, 0.25) is 0 Å². The normalized spacial score (nSPS) is 11.9. The minimum atomic E-state index is -0.864. The van der Waals surface area contributed by atoms with Crippen LogP contribution in [-0.2, 0) is 20.7 Å². The van der Waals surface area contributed by atoms with E-state index in [1.54, 1.807) is 13.8 Å². The van der Waals surface area contributed by atoms with E-state index in [1.165, 1.54) is 0 Å². The molecule has 0 aliphatic carbocycles. The van der Waals surface area contributed by atoms with Crippen LogP contribution in [0.5, 0.6) is 0 Å². The highest BCUT2D eigenvalue weighted by atomic mass is 16.5. The molecule has 0 fully saturated rings. The van der Waals surface area contributed by atoms with E-state index in [9.17, 15) is 9.59 Å². The van der Waals surface area contributed by atoms with E-state index < -0.39 is 12.1 Å². The molecule has 1 aromatic heterocycles. The molecule has 6 nitrogen and oxygen atoms in total. The number of hydrogen-bond acceptors (Lipinski definition) is 5. The molecule has 0 saturated carbocycles. The van der Waals surface area contributed by atoms with Gasteiger partial charge >= 0.3 is 5.97 Å². The predicted octanol–water partition coefficient (Wildman–Crippen LogP) is 3.41. The van der Waals surface area contributed by atoms with Gasteiger partial charge in [-0.15, -0.1) is 0 Å². The van der Waals surface area contributed by atoms with Gasteiger partial charge in [-0.1, -0.05) is 17.3 Å². The van der Waals surface area contributed by atoms with Gasteiger partial charge < -0.3 is 14.6 Å². The molecule has 2 aromatic rings. The zero-order valence-electron chi connectivity index (χ0n) is 15.3. The molecule has 6 heteroatoms. The molecule has 25 heavy (non-hydrogen) atoms. The molecular formula is C19H24N2O4. The number of nitrogens with zero attached hydrogens (tertiary/aromatic N) is 1. The number of ether oxygens (including phenoxy) is 1. The third-order valence-electron chi connectivity index (χ3n) is 4.09. The van der Waals surface area contributed by atoms with Crippen molar-refractivity contribution in [3.05, 3.63) is 46.3 Å². The second-order valence-electron chi connectivity index (χ2n) is 6.24. The number of hydrogen-bond donors (Lipinski definition) is 1. The van der Waals surface area contributed by atoms with Gasteiger partial charge in [0.1, 0.15) is 5.76 Å². The standard InChI is InChI=1S/C19H24N2O4/c1-11-6-7-12(2)17(10-11)20-19(23)15(5)24-18(22)9-8-16-13(3)21-25-14(16)4/h6-7,10,15H,8-9H2,1-5H3,(H,20,23)/t15-/m1/s1. The average molecular weight is 344 g/mol. The van der Waals surface area contributed by atoms with Gasteiger partial charge in [-0.05, 0) is 58.2 Å². The fraction of sp³-hybridized carbons (Fsp3) is 0.421. The Morgan fingerprint density at radius 3 is 2.60 bits per heavy atom. The van der Waals surface area contributed by atoms with Gasteiger partial charge in [0.05, 0.1) is 5.69 Å². The summed E-state index contributed by atoms with van der Waals surface area (Å²) >= 11 is 0. The van der Waals surface area contributed by atoms with Gasteiger partial charge in [-0.3, -0.25) is 9.59 Å². The van der Waals surface area contributed by atoms with E-state index in [0.29, 0.717) is 12.2 Å². The number of carbonyl (C=O) groups is 2. The summed E-state index contributed by atoms with van der Waals surface area (Å²) in [6.45, 7) is 9.06. The zero-order valence-corrected chi connectivity index (χ0v) is 15.3. The Morgan fingerprint density at radius 2 is 1.96 bits per heavy atom. The van der Waals surface area contributed by atoms with Crippen LogP contribution in [-0.4, -0.2) is 23.1 Å². The average Bonchev–Trinajstić information content (AvgIpc) is 2.87. The van der Waals surface area contributed by atoms with Crippen molar-refractivity contribution in [1.29, 1.82) is 0 Å². The van der Waals surface area contributed by atoms with E-state index in [2.05, 4.69) is 10.5 Å². The van der Waals surface area contributed by atoms with Crippen LogP contribution in [0.15, 0.2) is 22.7 Å². The van der Waals surface area contributed by atoms with E-state index in [4.69, 9.17) is 9.26 Å². The molecule has 0 bridgehead atoms. The van der Waals surface area contributed by atoms with Crippen molar-refractivity contribution in [2.24, 2.45) is 0 Å². The van der Waals surface area contributed by atoms with Gasteiger partial charge in [0.25, 0.3) is 5.91 Å². The summed E-state index contributed by atoms with van der Waals surface area (Å²) in [7, 11) is 0. The summed E-state index contributed by atoms with van der Waals surface area (Å²) in [5.74, 6) is -0.0750. The van der Waals surface area contributed by atoms with Crippen molar-refractivity contribution >= 4 is 17.6 Å². The molecule has 0 saturated heterocycles. The minimum absolute atomic E-state index is 0.171. The molecule has 1 amide bonds. The highest BCUT2D eigenvalue weighted by molar-refractivity contribution is 5.95. The molecule has 1 aromatic carbocycles. The third-order valence-corrected chi connectivity index (χ3v) is 4.09. The van der Waals surface area contributed by atoms with Crippen molar-refractivity contribution in [3.63, 3.8) is 0 Å². The Bertz CT molecular complexity index is 760. The van der Waals surface area contributed by atoms with Gasteiger partial charge in [0, 0.05) is 17.7 Å². The van der Waals surface area contributed by atoms with Crippen LogP contribution in [0.3, 0.4) is 0 Å². The Kier molecular flexibility index (Phi) is 5.96. The van der Waals surface area contributed by atoms with E-state index >= 15 is 0 Å². The van der Waals surface area contributed by atoms with Crippen LogP contribution in [0.1, 0.15) is 41.5 Å². The first-order chi connectivity index (χ1) is 11.8. The summed E-state index contributed by atoms with van der Waals surface area (Å²) in [5, 5.41) is 6.66. The topological polar surface area (TPSA) is 81.4 Å². The summed E-state index contributed by atoms with van der Waals surface area (Å²) in [6, 6.07) is 5.80. The van der Waals surface area contributed by atoms with E-state index in [0.717, 1.165) is 28.1 Å². The van der Waals surface area contributed by atoms with Crippen LogP contribution in [0.2, 0.25) is 0 Å². The molecule has 0 aliphatic rings. The van der Waals surface area contributed by atoms with Crippen LogP contribution in [0.25, 0.3) is 0 Å². The van der Waals surface area contributed by atoms with Crippen LogP contribution >= 0.6 is 0 Å². The summed E-state index contributed by atoms with van der Waals surface area (Å²) in [4.78, 5) is 24.2. The number of esters is 1. The summed E-state index contributed by atoms with van der Waals surface area (Å²) in [6.07, 6.45) is -0.216. The van der Waals surface area contributed by atoms with Crippen LogP contribution in [0, 0.1) is 27.7 Å². The molecule has 1 N–H and O–H groups in total. The molecule has 0 spiro atoms. The highest BCUT2D eigenvalue weighted by Gasteiger charge is 2.19. The van der Waals surface area contributed by atoms with Crippen molar-refractivity contribution < 1.29 is 18.8 Å². The van der Waals surface area contributed by atoms with Crippen molar-refractivity contribution in [2.45, 2.75) is 53.6 Å². The molecular weight excluding hydrogens is 320 g/mol. The molecule has 0 radical (unpaired) electrons. The lowest BCUT2D eigenvalue weighted by Gasteiger charge is -2.15. The zero-order chi connectivity index (χ0) is 18.6. The highest BCUT2D eigenvalue weighted by Crippen LogP contribution is 2.17. The first-order valence-electron chi connectivity index (χ1n) is 8.27. The molecule has 1 atom stereocenters. The first-order valence-corrected chi connectivity index (χ1v) is 8.27. The van der Waals surface area contributed by atoms with E-state index in [1.807, 2.05) is 39.0 Å². The fourth-order valence-corrected chi connectivity index (χ4v) is 2.50. The van der Waals surface area contributed by atoms with Crippen molar-refractivity contribution in [1.82, 2.24) is 5.16 Å². The number of aryl methyl sites for hydroxylation is 4. The number of benzene rings is 1. The number of anilines is 1. The van der Waals surface area contributed by atoms with Crippen LogP contribution < -0.4 is 5.32 Å². The number of nitrogens with one attached hydrogen (secondary N) is 1. The Hall–Kier alpha value is -2.63. The smallest absolute Gasteiger partial charge is 0.306 e. The summed E-state index contributed by atoms with van der Waals surface area (Å²) < 4.78 is 10.3. The SMILES string of the molecule is Cc1ccc(C)c(NC(=O)[C@@H](C)OC(=O)CCc2c(C)noc2C)c1.